The van der Waals surface area contributed by atoms with Crippen molar-refractivity contribution in [1.82, 2.24) is 19.8 Å². The number of carbonyl (C=O) groups excluding carboxylic acids is 1. The molecule has 2 aliphatic rings. The van der Waals surface area contributed by atoms with Crippen molar-refractivity contribution < 1.29 is 19.0 Å². The second-order valence-electron chi connectivity index (χ2n) is 10.6. The number of nitrogens with one attached hydrogen (secondary N) is 2. The Morgan fingerprint density at radius 3 is 2.67 bits per heavy atom. The van der Waals surface area contributed by atoms with Crippen LogP contribution in [0.15, 0.2) is 48.7 Å². The minimum absolute atomic E-state index is 0.0566. The summed E-state index contributed by atoms with van der Waals surface area (Å²) in [5.74, 6) is 0.288. The number of ether oxygens (including phenoxy) is 3. The van der Waals surface area contributed by atoms with E-state index in [-0.39, 0.29) is 24.6 Å². The Kier molecular flexibility index (Phi) is 9.73. The topological polar surface area (TPSA) is 93.1 Å². The van der Waals surface area contributed by atoms with Crippen LogP contribution in [0.5, 0.6) is 5.75 Å². The van der Waals surface area contributed by atoms with E-state index in [9.17, 15) is 4.79 Å². The summed E-state index contributed by atoms with van der Waals surface area (Å²) in [5, 5.41) is 7.04. The molecular weight excluding hydrogens is 552 g/mol. The van der Waals surface area contributed by atoms with E-state index in [2.05, 4.69) is 44.9 Å². The average molecular weight is 593 g/mol. The monoisotopic (exact) mass is 592 g/mol. The van der Waals surface area contributed by atoms with E-state index in [4.69, 9.17) is 31.4 Å². The van der Waals surface area contributed by atoms with Crippen molar-refractivity contribution in [3.05, 3.63) is 71.3 Å². The van der Waals surface area contributed by atoms with Crippen molar-refractivity contribution >= 4 is 34.6 Å². The molecular formula is C31H40N6O4S. The van der Waals surface area contributed by atoms with Crippen molar-refractivity contribution in [3.8, 4) is 5.75 Å². The van der Waals surface area contributed by atoms with Gasteiger partial charge in [0.05, 0.1) is 43.8 Å². The predicted molar refractivity (Wildman–Crippen MR) is 167 cm³/mol. The average Bonchev–Trinajstić information content (AvgIpc) is 3.49. The molecule has 0 bridgehead atoms. The third-order valence-electron chi connectivity index (χ3n) is 8.00. The van der Waals surface area contributed by atoms with Gasteiger partial charge in [0.2, 0.25) is 5.91 Å². The van der Waals surface area contributed by atoms with Crippen molar-refractivity contribution in [2.45, 2.75) is 38.9 Å². The number of pyridine rings is 1. The minimum atomic E-state index is -0.265. The van der Waals surface area contributed by atoms with Crippen LogP contribution in [-0.4, -0.2) is 79.1 Å². The van der Waals surface area contributed by atoms with Crippen molar-refractivity contribution in [2.24, 2.45) is 0 Å². The van der Waals surface area contributed by atoms with Crippen molar-refractivity contribution in [3.63, 3.8) is 0 Å². The Hall–Kier alpha value is -3.51. The number of hydrogen-bond acceptors (Lipinski definition) is 7. The Morgan fingerprint density at radius 1 is 1.14 bits per heavy atom. The van der Waals surface area contributed by atoms with Crippen LogP contribution in [-0.2, 0) is 20.8 Å². The number of nitrogens with zero attached hydrogens (tertiary/aromatic N) is 4. The van der Waals surface area contributed by atoms with Crippen molar-refractivity contribution in [2.75, 3.05) is 63.9 Å². The standard InChI is InChI=1S/C31H40N6O4S/c1-21-18-24(22(2)36(21)13-7-12-35-14-16-41-17-15-35)30-29(25-8-5-6-11-32-25)34-31(42)37(30)23-9-10-27(40-4)26(19-23)33-28(38)20-39-3/h5-6,8-11,18-19,29-30H,7,12-17,20H2,1-4H3,(H,33,38)(H,34,42). The molecule has 0 saturated carbocycles. The number of rotatable bonds is 11. The van der Waals surface area contributed by atoms with Gasteiger partial charge in [-0.05, 0) is 74.4 Å². The molecule has 0 aliphatic carbocycles. The Morgan fingerprint density at radius 2 is 1.95 bits per heavy atom. The molecule has 11 heteroatoms. The summed E-state index contributed by atoms with van der Waals surface area (Å²) in [7, 11) is 3.07. The van der Waals surface area contributed by atoms with Gasteiger partial charge < -0.3 is 34.3 Å². The number of methoxy groups -OCH3 is 2. The third-order valence-corrected chi connectivity index (χ3v) is 8.31. The molecule has 5 rings (SSSR count). The summed E-state index contributed by atoms with van der Waals surface area (Å²) in [4.78, 5) is 21.7. The summed E-state index contributed by atoms with van der Waals surface area (Å²) in [5.41, 5.74) is 5.90. The van der Waals surface area contributed by atoms with Crippen LogP contribution >= 0.6 is 12.2 Å². The number of hydrogen-bond donors (Lipinski definition) is 2. The van der Waals surface area contributed by atoms with E-state index in [1.165, 1.54) is 24.1 Å². The van der Waals surface area contributed by atoms with Gasteiger partial charge in [-0.1, -0.05) is 6.07 Å². The number of morpholine rings is 1. The van der Waals surface area contributed by atoms with Gasteiger partial charge in [0, 0.05) is 56.6 Å². The molecule has 2 aliphatic heterocycles. The number of anilines is 2. The minimum Gasteiger partial charge on any atom is -0.495 e. The van der Waals surface area contributed by atoms with E-state index in [1.54, 1.807) is 7.11 Å². The number of benzene rings is 1. The second-order valence-corrected chi connectivity index (χ2v) is 11.0. The van der Waals surface area contributed by atoms with E-state index in [1.807, 2.05) is 42.6 Å². The zero-order chi connectivity index (χ0) is 29.6. The first kappa shape index (κ1) is 30.0. The van der Waals surface area contributed by atoms with Gasteiger partial charge in [-0.3, -0.25) is 14.7 Å². The van der Waals surface area contributed by atoms with E-state index < -0.39 is 0 Å². The Bertz CT molecular complexity index is 1390. The van der Waals surface area contributed by atoms with E-state index >= 15 is 0 Å². The highest BCUT2D eigenvalue weighted by Crippen LogP contribution is 2.44. The fourth-order valence-corrected chi connectivity index (χ4v) is 6.30. The molecule has 10 nitrogen and oxygen atoms in total. The molecule has 2 aromatic heterocycles. The Labute approximate surface area is 252 Å². The molecule has 1 aromatic carbocycles. The molecule has 224 valence electrons. The first-order valence-electron chi connectivity index (χ1n) is 14.4. The predicted octanol–water partition coefficient (Wildman–Crippen LogP) is 3.99. The molecule has 2 unspecified atom stereocenters. The fraction of sp³-hybridized carbons (Fsp3) is 0.452. The maximum absolute atomic E-state index is 12.4. The van der Waals surface area contributed by atoms with Crippen molar-refractivity contribution in [1.29, 1.82) is 0 Å². The van der Waals surface area contributed by atoms with Crippen LogP contribution in [0.4, 0.5) is 11.4 Å². The Balaban J connectivity index is 1.50. The van der Waals surface area contributed by atoms with Crippen LogP contribution in [0.25, 0.3) is 0 Å². The highest BCUT2D eigenvalue weighted by atomic mass is 32.1. The number of carbonyl (C=O) groups is 1. The summed E-state index contributed by atoms with van der Waals surface area (Å²) in [6.45, 7) is 9.91. The maximum Gasteiger partial charge on any atom is 0.250 e. The summed E-state index contributed by atoms with van der Waals surface area (Å²) >= 11 is 5.96. The number of amides is 1. The molecule has 0 spiro atoms. The van der Waals surface area contributed by atoms with Gasteiger partial charge in [0.15, 0.2) is 5.11 Å². The highest BCUT2D eigenvalue weighted by Gasteiger charge is 2.42. The molecule has 42 heavy (non-hydrogen) atoms. The van der Waals surface area contributed by atoms with Gasteiger partial charge >= 0.3 is 0 Å². The van der Waals surface area contributed by atoms with Crippen LogP contribution < -0.4 is 20.3 Å². The van der Waals surface area contributed by atoms with Crippen LogP contribution in [0.2, 0.25) is 0 Å². The first-order valence-corrected chi connectivity index (χ1v) is 14.8. The van der Waals surface area contributed by atoms with Gasteiger partial charge in [-0.2, -0.15) is 0 Å². The molecule has 3 aromatic rings. The highest BCUT2D eigenvalue weighted by molar-refractivity contribution is 7.80. The molecule has 2 N–H and O–H groups in total. The molecule has 4 heterocycles. The number of aryl methyl sites for hydroxylation is 1. The van der Waals surface area contributed by atoms with Gasteiger partial charge in [-0.25, -0.2) is 0 Å². The number of thiocarbonyl (C=S) groups is 1. The maximum atomic E-state index is 12.4. The second kappa shape index (κ2) is 13.6. The largest absolute Gasteiger partial charge is 0.495 e. The molecule has 0 radical (unpaired) electrons. The van der Waals surface area contributed by atoms with Crippen LogP contribution in [0.1, 0.15) is 41.1 Å². The SMILES string of the molecule is COCC(=O)Nc1cc(N2C(=S)NC(c3ccccn3)C2c2cc(C)n(CCCN3CCOCC3)c2C)ccc1OC. The molecule has 1 amide bonds. The lowest BCUT2D eigenvalue weighted by atomic mass is 9.96. The van der Waals surface area contributed by atoms with Gasteiger partial charge in [-0.15, -0.1) is 0 Å². The van der Waals surface area contributed by atoms with E-state index in [0.29, 0.717) is 16.5 Å². The molecule has 2 atom stereocenters. The zero-order valence-corrected chi connectivity index (χ0v) is 25.6. The summed E-state index contributed by atoms with van der Waals surface area (Å²) in [6, 6.07) is 13.6. The quantitative estimate of drug-likeness (QED) is 0.321. The zero-order valence-electron chi connectivity index (χ0n) is 24.8. The fourth-order valence-electron chi connectivity index (χ4n) is 5.96. The van der Waals surface area contributed by atoms with Gasteiger partial charge in [0.25, 0.3) is 0 Å². The summed E-state index contributed by atoms with van der Waals surface area (Å²) in [6.07, 6.45) is 2.87. The lowest BCUT2D eigenvalue weighted by Gasteiger charge is -2.29. The third kappa shape index (κ3) is 6.44. The normalized spacial score (nSPS) is 19.1. The number of aromatic nitrogens is 2. The van der Waals surface area contributed by atoms with Gasteiger partial charge in [0.1, 0.15) is 12.4 Å². The smallest absolute Gasteiger partial charge is 0.250 e. The summed E-state index contributed by atoms with van der Waals surface area (Å²) < 4.78 is 18.5. The van der Waals surface area contributed by atoms with Crippen LogP contribution in [0, 0.1) is 13.8 Å². The lowest BCUT2D eigenvalue weighted by Crippen LogP contribution is -2.37. The first-order chi connectivity index (χ1) is 20.4. The van der Waals surface area contributed by atoms with Crippen LogP contribution in [0.3, 0.4) is 0 Å². The molecule has 2 saturated heterocycles. The molecule has 2 fully saturated rings. The lowest BCUT2D eigenvalue weighted by molar-refractivity contribution is -0.119. The van der Waals surface area contributed by atoms with E-state index in [0.717, 1.165) is 57.2 Å².